The highest BCUT2D eigenvalue weighted by atomic mass is 35.5. The number of halogens is 2. The maximum atomic E-state index is 9.48. The number of piperidine rings is 1. The van der Waals surface area contributed by atoms with Crippen LogP contribution < -0.4 is 5.32 Å². The Balaban J connectivity index is 1.70. The number of nitrogens with one attached hydrogen (secondary N) is 1. The van der Waals surface area contributed by atoms with Gasteiger partial charge < -0.3 is 15.3 Å². The third kappa shape index (κ3) is 5.11. The maximum absolute atomic E-state index is 9.48. The number of nitrogens with zero attached hydrogens (tertiary/aromatic N) is 1. The fourth-order valence-electron chi connectivity index (χ4n) is 2.73. The van der Waals surface area contributed by atoms with Gasteiger partial charge >= 0.3 is 0 Å². The first-order chi connectivity index (χ1) is 10.1. The molecule has 0 amide bonds. The molecule has 1 unspecified atom stereocenters. The molecule has 0 saturated carbocycles. The largest absolute Gasteiger partial charge is 0.393 e. The fraction of sp³-hybridized carbons (Fsp3) is 0.625. The molecule has 1 aliphatic heterocycles. The summed E-state index contributed by atoms with van der Waals surface area (Å²) < 4.78 is 0. The molecule has 0 spiro atoms. The molecule has 1 saturated heterocycles. The molecule has 2 N–H and O–H groups in total. The third-order valence-electron chi connectivity index (χ3n) is 4.11. The van der Waals surface area contributed by atoms with E-state index in [1.54, 1.807) is 0 Å². The SMILES string of the molecule is CC(NCCCN1CCC(O)CC1)c1cccc(Cl)c1Cl. The quantitative estimate of drug-likeness (QED) is 0.784. The number of benzene rings is 1. The van der Waals surface area contributed by atoms with Crippen LogP contribution in [0.5, 0.6) is 0 Å². The summed E-state index contributed by atoms with van der Waals surface area (Å²) in [5.41, 5.74) is 1.05. The van der Waals surface area contributed by atoms with Crippen molar-refractivity contribution < 1.29 is 5.11 Å². The van der Waals surface area contributed by atoms with Gasteiger partial charge in [0.05, 0.1) is 16.1 Å². The minimum absolute atomic E-state index is 0.0932. The first-order valence-corrected chi connectivity index (χ1v) is 8.41. The van der Waals surface area contributed by atoms with Crippen molar-refractivity contribution in [3.63, 3.8) is 0 Å². The predicted molar refractivity (Wildman–Crippen MR) is 89.2 cm³/mol. The van der Waals surface area contributed by atoms with Gasteiger partial charge in [-0.1, -0.05) is 35.3 Å². The Morgan fingerprint density at radius 2 is 2.05 bits per heavy atom. The van der Waals surface area contributed by atoms with E-state index in [1.807, 2.05) is 18.2 Å². The van der Waals surface area contributed by atoms with Crippen molar-refractivity contribution in [3.05, 3.63) is 33.8 Å². The molecule has 0 bridgehead atoms. The van der Waals surface area contributed by atoms with E-state index < -0.39 is 0 Å². The number of hydrogen-bond donors (Lipinski definition) is 2. The van der Waals surface area contributed by atoms with Crippen LogP contribution in [-0.2, 0) is 0 Å². The zero-order chi connectivity index (χ0) is 15.2. The van der Waals surface area contributed by atoms with Crippen molar-refractivity contribution in [1.82, 2.24) is 10.2 Å². The van der Waals surface area contributed by atoms with Gasteiger partial charge in [0.25, 0.3) is 0 Å². The third-order valence-corrected chi connectivity index (χ3v) is 4.94. The van der Waals surface area contributed by atoms with Gasteiger partial charge in [-0.2, -0.15) is 0 Å². The van der Waals surface area contributed by atoms with Gasteiger partial charge in [-0.3, -0.25) is 0 Å². The summed E-state index contributed by atoms with van der Waals surface area (Å²) in [6.07, 6.45) is 2.81. The Morgan fingerprint density at radius 1 is 1.33 bits per heavy atom. The van der Waals surface area contributed by atoms with Crippen molar-refractivity contribution in [2.45, 2.75) is 38.3 Å². The standard InChI is InChI=1S/C16H24Cl2N2O/c1-12(14-4-2-5-15(17)16(14)18)19-8-3-9-20-10-6-13(21)7-11-20/h2,4-5,12-13,19,21H,3,6-11H2,1H3. The molecule has 0 aliphatic carbocycles. The molecule has 1 aliphatic rings. The Kier molecular flexibility index (Phi) is 6.77. The lowest BCUT2D eigenvalue weighted by atomic mass is 10.1. The lowest BCUT2D eigenvalue weighted by Gasteiger charge is -2.29. The Bertz CT molecular complexity index is 448. The zero-order valence-corrected chi connectivity index (χ0v) is 14.0. The van der Waals surface area contributed by atoms with Crippen LogP contribution in [-0.4, -0.2) is 42.3 Å². The molecule has 1 aromatic carbocycles. The summed E-state index contributed by atoms with van der Waals surface area (Å²) >= 11 is 12.3. The van der Waals surface area contributed by atoms with E-state index in [1.165, 1.54) is 0 Å². The number of aliphatic hydroxyl groups excluding tert-OH is 1. The highest BCUT2D eigenvalue weighted by Crippen LogP contribution is 2.29. The van der Waals surface area contributed by atoms with Crippen LogP contribution in [0.2, 0.25) is 10.0 Å². The summed E-state index contributed by atoms with van der Waals surface area (Å²) in [6, 6.07) is 5.95. The van der Waals surface area contributed by atoms with Crippen LogP contribution in [0, 0.1) is 0 Å². The Hall–Kier alpha value is -0.320. The van der Waals surface area contributed by atoms with Crippen LogP contribution in [0.15, 0.2) is 18.2 Å². The van der Waals surface area contributed by atoms with Gasteiger partial charge in [0.15, 0.2) is 0 Å². The molecule has 0 aromatic heterocycles. The molecule has 1 aromatic rings. The van der Waals surface area contributed by atoms with E-state index in [2.05, 4.69) is 17.1 Å². The van der Waals surface area contributed by atoms with E-state index in [9.17, 15) is 5.11 Å². The molecule has 2 rings (SSSR count). The average molecular weight is 331 g/mol. The van der Waals surface area contributed by atoms with Crippen molar-refractivity contribution in [2.75, 3.05) is 26.2 Å². The normalized spacial score (nSPS) is 18.9. The van der Waals surface area contributed by atoms with E-state index in [0.29, 0.717) is 10.0 Å². The molecule has 0 radical (unpaired) electrons. The molecular weight excluding hydrogens is 307 g/mol. The van der Waals surface area contributed by atoms with Gasteiger partial charge in [0.1, 0.15) is 0 Å². The van der Waals surface area contributed by atoms with Crippen LogP contribution in [0.1, 0.15) is 37.8 Å². The molecule has 118 valence electrons. The second kappa shape index (κ2) is 8.35. The molecule has 3 nitrogen and oxygen atoms in total. The molecule has 5 heteroatoms. The highest BCUT2D eigenvalue weighted by Gasteiger charge is 2.16. The van der Waals surface area contributed by atoms with Crippen molar-refractivity contribution in [1.29, 1.82) is 0 Å². The van der Waals surface area contributed by atoms with Crippen molar-refractivity contribution >= 4 is 23.2 Å². The van der Waals surface area contributed by atoms with Crippen LogP contribution in [0.4, 0.5) is 0 Å². The van der Waals surface area contributed by atoms with Gasteiger partial charge in [0.2, 0.25) is 0 Å². The smallest absolute Gasteiger partial charge is 0.0639 e. The first kappa shape index (κ1) is 17.0. The van der Waals surface area contributed by atoms with Gasteiger partial charge in [-0.15, -0.1) is 0 Å². The number of rotatable bonds is 6. The second-order valence-electron chi connectivity index (χ2n) is 5.75. The summed E-state index contributed by atoms with van der Waals surface area (Å²) in [5, 5.41) is 14.2. The van der Waals surface area contributed by atoms with E-state index in [4.69, 9.17) is 23.2 Å². The van der Waals surface area contributed by atoms with Crippen molar-refractivity contribution in [3.8, 4) is 0 Å². The minimum Gasteiger partial charge on any atom is -0.393 e. The lowest BCUT2D eigenvalue weighted by Crippen LogP contribution is -2.37. The van der Waals surface area contributed by atoms with Gasteiger partial charge in [-0.25, -0.2) is 0 Å². The van der Waals surface area contributed by atoms with E-state index in [0.717, 1.165) is 51.0 Å². The number of aliphatic hydroxyl groups is 1. The molecule has 21 heavy (non-hydrogen) atoms. The van der Waals surface area contributed by atoms with Crippen LogP contribution >= 0.6 is 23.2 Å². The van der Waals surface area contributed by atoms with Crippen LogP contribution in [0.25, 0.3) is 0 Å². The van der Waals surface area contributed by atoms with Crippen LogP contribution in [0.3, 0.4) is 0 Å². The van der Waals surface area contributed by atoms with E-state index >= 15 is 0 Å². The minimum atomic E-state index is -0.0932. The maximum Gasteiger partial charge on any atom is 0.0639 e. The first-order valence-electron chi connectivity index (χ1n) is 7.65. The van der Waals surface area contributed by atoms with E-state index in [-0.39, 0.29) is 12.1 Å². The number of hydrogen-bond acceptors (Lipinski definition) is 3. The Labute approximate surface area is 137 Å². The second-order valence-corrected chi connectivity index (χ2v) is 6.53. The van der Waals surface area contributed by atoms with Gasteiger partial charge in [0, 0.05) is 19.1 Å². The zero-order valence-electron chi connectivity index (χ0n) is 12.5. The monoisotopic (exact) mass is 330 g/mol. The number of likely N-dealkylation sites (tertiary alicyclic amines) is 1. The van der Waals surface area contributed by atoms with Gasteiger partial charge in [-0.05, 0) is 50.9 Å². The predicted octanol–water partition coefficient (Wildman–Crippen LogP) is 3.49. The molecule has 1 atom stereocenters. The summed E-state index contributed by atoms with van der Waals surface area (Å²) in [6.45, 7) is 6.15. The topological polar surface area (TPSA) is 35.5 Å². The summed E-state index contributed by atoms with van der Waals surface area (Å²) in [4.78, 5) is 2.42. The Morgan fingerprint density at radius 3 is 2.76 bits per heavy atom. The summed E-state index contributed by atoms with van der Waals surface area (Å²) in [7, 11) is 0. The highest BCUT2D eigenvalue weighted by molar-refractivity contribution is 6.42. The molecule has 1 heterocycles. The van der Waals surface area contributed by atoms with Crippen molar-refractivity contribution in [2.24, 2.45) is 0 Å². The average Bonchev–Trinajstić information content (AvgIpc) is 2.48. The molecular formula is C16H24Cl2N2O. The molecule has 1 fully saturated rings. The lowest BCUT2D eigenvalue weighted by molar-refractivity contribution is 0.0820. The summed E-state index contributed by atoms with van der Waals surface area (Å²) in [5.74, 6) is 0. The fourth-order valence-corrected chi connectivity index (χ4v) is 3.20.